The predicted molar refractivity (Wildman–Crippen MR) is 416 cm³/mol. The topological polar surface area (TPSA) is 421 Å². The first kappa shape index (κ1) is 75.1. The molecule has 4 saturated heterocycles. The van der Waals surface area contributed by atoms with Gasteiger partial charge in [0.15, 0.2) is 0 Å². The van der Waals surface area contributed by atoms with Crippen LogP contribution in [0.3, 0.4) is 0 Å². The van der Waals surface area contributed by atoms with Crippen LogP contribution >= 0.6 is 0 Å². The number of nitrogens with one attached hydrogen (secondary N) is 4. The van der Waals surface area contributed by atoms with Gasteiger partial charge < -0.3 is 19.9 Å². The number of fused-ring (bicyclic) bond motifs is 4. The van der Waals surface area contributed by atoms with Gasteiger partial charge in [0.1, 0.15) is 44.7 Å². The molecular formula is C74H78N26O7S4. The first-order chi connectivity index (χ1) is 53.2. The molecule has 18 rings (SSSR count). The predicted octanol–water partition coefficient (Wildman–Crippen LogP) is 8.18. The fourth-order valence-electron chi connectivity index (χ4n) is 15.0. The number of hydrogen-bond donors (Lipinski definition) is 4. The first-order valence-corrected chi connectivity index (χ1v) is 42.0. The normalized spacial score (nSPS) is 18.8. The van der Waals surface area contributed by atoms with E-state index in [9.17, 15) is 50.5 Å². The van der Waals surface area contributed by atoms with Crippen molar-refractivity contribution < 1.29 is 29.5 Å². The minimum atomic E-state index is -3.55. The highest BCUT2D eigenvalue weighted by atomic mass is 32.2. The molecule has 12 aromatic heterocycles. The molecular weight excluding hydrogens is 1490 g/mol. The number of H-pyrrole nitrogens is 4. The first-order valence-electron chi connectivity index (χ1n) is 35.8. The number of nitrogens with zero attached hydrogens (tertiary/aromatic N) is 22. The second-order valence-electron chi connectivity index (χ2n) is 29.6. The zero-order valence-corrected chi connectivity index (χ0v) is 64.4. The lowest BCUT2D eigenvalue weighted by Crippen LogP contribution is -2.65. The van der Waals surface area contributed by atoms with Crippen LogP contribution in [0.15, 0.2) is 142 Å². The van der Waals surface area contributed by atoms with E-state index < -0.39 is 62.1 Å². The highest BCUT2D eigenvalue weighted by Gasteiger charge is 2.57. The van der Waals surface area contributed by atoms with Gasteiger partial charge in [-0.15, -0.1) is 0 Å². The fourth-order valence-corrected chi connectivity index (χ4v) is 22.2. The van der Waals surface area contributed by atoms with Gasteiger partial charge in [0.25, 0.3) is 10.2 Å². The number of nitriles is 4. The lowest BCUT2D eigenvalue weighted by molar-refractivity contribution is 0.0675. The number of hydrogen-bond acceptors (Lipinski definition) is 19. The number of aromatic nitrogens is 16. The zero-order valence-electron chi connectivity index (χ0n) is 61.1. The van der Waals surface area contributed by atoms with Gasteiger partial charge in [-0.25, -0.2) is 40.9 Å². The van der Waals surface area contributed by atoms with E-state index >= 15 is 0 Å². The van der Waals surface area contributed by atoms with E-state index in [0.29, 0.717) is 61.5 Å². The summed E-state index contributed by atoms with van der Waals surface area (Å²) in [6, 6.07) is 22.4. The van der Waals surface area contributed by atoms with Crippen molar-refractivity contribution in [2.45, 2.75) is 104 Å². The number of rotatable bonds is 21. The molecule has 0 radical (unpaired) electrons. The van der Waals surface area contributed by atoms with Crippen LogP contribution < -0.4 is 0 Å². The molecule has 1 unspecified atom stereocenters. The number of pyridine rings is 4. The molecule has 570 valence electrons. The van der Waals surface area contributed by atoms with E-state index in [1.54, 1.807) is 63.6 Å². The number of sulfonamides is 2. The molecule has 4 aliphatic heterocycles. The van der Waals surface area contributed by atoms with Gasteiger partial charge in [-0.3, -0.25) is 27.9 Å². The average molecular weight is 1570 g/mol. The van der Waals surface area contributed by atoms with Gasteiger partial charge in [-0.05, 0) is 104 Å². The van der Waals surface area contributed by atoms with E-state index in [1.807, 2.05) is 109 Å². The van der Waals surface area contributed by atoms with Crippen LogP contribution in [-0.2, 0) is 62.1 Å². The van der Waals surface area contributed by atoms with Crippen molar-refractivity contribution in [3.05, 3.63) is 153 Å². The Balaban J connectivity index is 0.000000117. The van der Waals surface area contributed by atoms with Gasteiger partial charge in [-0.2, -0.15) is 67.1 Å². The Hall–Kier alpha value is -11.3. The molecule has 1 atom stereocenters. The SMILES string of the molecule is C=S(=O)(N1CC(CC#N)(n2cc(-c3ccnc4[nH]ccc34)cn2)C1)C1(C)CC1.CCCS(=O)(=O)N1CC(CC#N)(n2cc(-c3ccnc4[nH]ccc34)cn2)C1.N#CCC1(n2cc(-c3ccnc4[nH]ccc34)cn2)CN(S(=O)(=O)C2CC2)C1.[C-]#[N+]c1cnc2[nH]ccc2c1-c1cnn(C2(CC#N)CN(S(=O)(=O)N(C)C)C2)c1. The summed E-state index contributed by atoms with van der Waals surface area (Å²) in [5.41, 5.74) is 8.38. The zero-order chi connectivity index (χ0) is 78.1. The molecule has 111 heavy (non-hydrogen) atoms. The Kier molecular flexibility index (Phi) is 19.3. The second-order valence-corrected chi connectivity index (χ2v) is 38.9. The minimum absolute atomic E-state index is 0.124. The number of aromatic amines is 4. The van der Waals surface area contributed by atoms with Gasteiger partial charge >= 0.3 is 0 Å². The van der Waals surface area contributed by atoms with Crippen molar-refractivity contribution >= 4 is 95.7 Å². The Bertz CT molecular complexity index is 6270. The summed E-state index contributed by atoms with van der Waals surface area (Å²) in [5.74, 6) is 4.18. The lowest BCUT2D eigenvalue weighted by atomic mass is 9.89. The highest BCUT2D eigenvalue weighted by molar-refractivity contribution is 7.99. The third-order valence-corrected chi connectivity index (χ3v) is 31.2. The maximum absolute atomic E-state index is 13.2. The lowest BCUT2D eigenvalue weighted by Gasteiger charge is -2.51. The van der Waals surface area contributed by atoms with Gasteiger partial charge in [0.05, 0.1) is 92.3 Å². The van der Waals surface area contributed by atoms with E-state index in [4.69, 9.17) is 6.57 Å². The summed E-state index contributed by atoms with van der Waals surface area (Å²) in [4.78, 5) is 33.1. The summed E-state index contributed by atoms with van der Waals surface area (Å²) >= 11 is 0. The van der Waals surface area contributed by atoms with Crippen LogP contribution in [0.4, 0.5) is 5.69 Å². The third kappa shape index (κ3) is 13.4. The monoisotopic (exact) mass is 1570 g/mol. The van der Waals surface area contributed by atoms with Crippen LogP contribution in [0.25, 0.3) is 93.5 Å². The summed E-state index contributed by atoms with van der Waals surface area (Å²) in [7, 11) is -9.41. The van der Waals surface area contributed by atoms with Gasteiger partial charge in [0, 0.05) is 205 Å². The van der Waals surface area contributed by atoms with Crippen LogP contribution in [0.2, 0.25) is 0 Å². The van der Waals surface area contributed by atoms with Crippen LogP contribution in [0.5, 0.6) is 0 Å². The summed E-state index contributed by atoms with van der Waals surface area (Å²) in [6.45, 7) is 13.9. The van der Waals surface area contributed by atoms with Crippen LogP contribution in [-0.4, -0.2) is 218 Å². The summed E-state index contributed by atoms with van der Waals surface area (Å²) in [6.07, 6.45) is 33.5. The molecule has 0 amide bonds. The molecule has 4 N–H and O–H groups in total. The highest BCUT2D eigenvalue weighted by Crippen LogP contribution is 2.49. The van der Waals surface area contributed by atoms with Gasteiger partial charge in [0.2, 0.25) is 25.7 Å². The van der Waals surface area contributed by atoms with E-state index in [0.717, 1.165) is 102 Å². The largest absolute Gasteiger partial charge is 0.346 e. The molecule has 2 aliphatic carbocycles. The van der Waals surface area contributed by atoms with E-state index in [-0.39, 0.29) is 61.2 Å². The summed E-state index contributed by atoms with van der Waals surface area (Å²) < 4.78 is 102. The van der Waals surface area contributed by atoms with Crippen molar-refractivity contribution in [3.8, 4) is 68.8 Å². The van der Waals surface area contributed by atoms with Crippen molar-refractivity contribution in [2.75, 3.05) is 72.2 Å². The smallest absolute Gasteiger partial charge is 0.281 e. The molecule has 6 fully saturated rings. The van der Waals surface area contributed by atoms with Crippen LogP contribution in [0, 0.1) is 51.9 Å². The Morgan fingerprint density at radius 1 is 0.514 bits per heavy atom. The van der Waals surface area contributed by atoms with Crippen molar-refractivity contribution in [1.29, 1.82) is 21.0 Å². The average Bonchev–Trinajstić information content (AvgIpc) is 1.50. The maximum atomic E-state index is 13.2. The molecule has 12 aromatic rings. The second kappa shape index (κ2) is 28.5. The molecule has 37 heteroatoms. The van der Waals surface area contributed by atoms with Crippen molar-refractivity contribution in [3.63, 3.8) is 0 Å². The standard InChI is InChI=1S/C20H22N6OS.C18H18N8O2S.C18H18N6O2S.C18H20N6O2S/c1-19(5-6-19)28(2,27)25-13-20(14-25,7-8-21)26-12-15(11-24-26)16-3-9-22-18-17(16)4-10-23-18;1-20-15-9-22-17-14(4-7-21-17)16(15)13-8-23-26(10-13)18(5-6-19)11-25(12-18)29(27,28)24(2)3;19-6-5-18(11-23(12-18)27(25,26)14-1-2-14)24-10-13(9-22-24)15-3-7-20-17-16(15)4-8-21-17;1-2-9-27(25,26)23-12-18(13-23,5-6-19)24-11-14(10-22-24)15-3-7-20-17-16(15)4-8-21-17/h3-4,9-12H,2,5-7,13-14H2,1H3,(H,22,23);4,7-10H,5,11-12H2,2-3H3,(H,21,22);3-4,7-10,14H,1-2,5,11-12H2,(H,20,21);3-4,7-8,10-11H,2,5,9,12-13H2,1H3,(H,20,21). The molecule has 0 spiro atoms. The maximum Gasteiger partial charge on any atom is 0.281 e. The Morgan fingerprint density at radius 3 is 1.24 bits per heavy atom. The third-order valence-electron chi connectivity index (χ3n) is 22.1. The molecule has 0 aromatic carbocycles. The van der Waals surface area contributed by atoms with Crippen molar-refractivity contribution in [2.24, 2.45) is 0 Å². The molecule has 0 bridgehead atoms. The molecule has 6 aliphatic rings. The van der Waals surface area contributed by atoms with E-state index in [2.05, 4.69) is 95.3 Å². The Labute approximate surface area is 640 Å². The van der Waals surface area contributed by atoms with E-state index in [1.165, 1.54) is 33.2 Å². The van der Waals surface area contributed by atoms with Gasteiger partial charge in [-0.1, -0.05) is 6.92 Å². The summed E-state index contributed by atoms with van der Waals surface area (Å²) in [5, 5.41) is 58.9. The minimum Gasteiger partial charge on any atom is -0.346 e. The fraction of sp³-hybridized carbons (Fsp3) is 0.378. The van der Waals surface area contributed by atoms with Crippen molar-refractivity contribution in [1.82, 2.24) is 101 Å². The Morgan fingerprint density at radius 2 is 0.874 bits per heavy atom. The quantitative estimate of drug-likeness (QED) is 0.0389. The molecule has 16 heterocycles. The molecule has 2 saturated carbocycles. The van der Waals surface area contributed by atoms with Crippen LogP contribution in [0.1, 0.15) is 71.6 Å². The molecule has 33 nitrogen and oxygen atoms in total.